The van der Waals surface area contributed by atoms with E-state index in [9.17, 15) is 0 Å². The molecule has 0 N–H and O–H groups in total. The Morgan fingerprint density at radius 1 is 0.543 bits per heavy atom. The second-order valence-electron chi connectivity index (χ2n) is 10.3. The third kappa shape index (κ3) is 6.69. The monoisotopic (exact) mass is 524 g/mol. The first kappa shape index (κ1) is 29.4. The summed E-state index contributed by atoms with van der Waals surface area (Å²) in [4.78, 5) is 0. The van der Waals surface area contributed by atoms with E-state index in [4.69, 9.17) is 8.85 Å². The average Bonchev–Trinajstić information content (AvgIpc) is 2.90. The highest BCUT2D eigenvalue weighted by Gasteiger charge is 2.33. The lowest BCUT2D eigenvalue weighted by molar-refractivity contribution is 0.492. The average molecular weight is 525 g/mol. The van der Waals surface area contributed by atoms with Crippen molar-refractivity contribution in [2.45, 2.75) is 90.9 Å². The summed E-state index contributed by atoms with van der Waals surface area (Å²) in [6, 6.07) is 24.7. The van der Waals surface area contributed by atoms with Crippen molar-refractivity contribution in [1.29, 1.82) is 0 Å². The molecule has 0 saturated carbocycles. The van der Waals surface area contributed by atoms with Crippen molar-refractivity contribution in [3.8, 4) is 0 Å². The van der Waals surface area contributed by atoms with Gasteiger partial charge in [0.25, 0.3) is 0 Å². The zero-order chi connectivity index (χ0) is 26.3. The first-order valence-electron chi connectivity index (χ1n) is 13.5. The standard InChI is InChI=1S/C30H48O2Si3/c1-11-34(12-2,13-3)31-25(7)27-17-21-29(22-18-27)33(9,10)30-23-19-28(20-24-30)26(8)32-35(14-4,15-5)16-6/h17-24H,7-8,11-16H2,1-6,9-10H3. The minimum absolute atomic E-state index is 0.835. The molecule has 0 aromatic heterocycles. The highest BCUT2D eigenvalue weighted by molar-refractivity contribution is 7.00. The Bertz CT molecular complexity index is 874. The zero-order valence-electron chi connectivity index (χ0n) is 23.6. The van der Waals surface area contributed by atoms with Gasteiger partial charge in [0.15, 0.2) is 0 Å². The maximum Gasteiger partial charge on any atom is 0.250 e. The van der Waals surface area contributed by atoms with Gasteiger partial charge in [-0.2, -0.15) is 0 Å². The molecular weight excluding hydrogens is 477 g/mol. The Morgan fingerprint density at radius 3 is 1.03 bits per heavy atom. The molecule has 0 atom stereocenters. The van der Waals surface area contributed by atoms with Crippen molar-refractivity contribution in [3.05, 3.63) is 72.8 Å². The van der Waals surface area contributed by atoms with Crippen molar-refractivity contribution in [1.82, 2.24) is 0 Å². The Kier molecular flexibility index (Phi) is 10.4. The second kappa shape index (κ2) is 12.4. The van der Waals surface area contributed by atoms with E-state index in [0.29, 0.717) is 0 Å². The van der Waals surface area contributed by atoms with Gasteiger partial charge >= 0.3 is 0 Å². The number of hydrogen-bond donors (Lipinski definition) is 0. The Labute approximate surface area is 218 Å². The van der Waals surface area contributed by atoms with Gasteiger partial charge in [-0.1, -0.05) is 127 Å². The van der Waals surface area contributed by atoms with E-state index < -0.39 is 24.7 Å². The molecule has 192 valence electrons. The van der Waals surface area contributed by atoms with Crippen LogP contribution in [0.4, 0.5) is 0 Å². The summed E-state index contributed by atoms with van der Waals surface area (Å²) in [6.07, 6.45) is 0. The van der Waals surface area contributed by atoms with Gasteiger partial charge < -0.3 is 8.85 Å². The molecule has 35 heavy (non-hydrogen) atoms. The van der Waals surface area contributed by atoms with E-state index >= 15 is 0 Å². The smallest absolute Gasteiger partial charge is 0.250 e. The predicted octanol–water partition coefficient (Wildman–Crippen LogP) is 8.49. The van der Waals surface area contributed by atoms with E-state index in [1.807, 2.05) is 0 Å². The summed E-state index contributed by atoms with van der Waals surface area (Å²) < 4.78 is 13.0. The van der Waals surface area contributed by atoms with Gasteiger partial charge in [0.1, 0.15) is 19.6 Å². The van der Waals surface area contributed by atoms with Crippen molar-refractivity contribution < 1.29 is 8.85 Å². The number of hydrogen-bond acceptors (Lipinski definition) is 2. The molecule has 0 aliphatic carbocycles. The van der Waals surface area contributed by atoms with Crippen LogP contribution in [0, 0.1) is 0 Å². The first-order chi connectivity index (χ1) is 16.6. The lowest BCUT2D eigenvalue weighted by atomic mass is 10.2. The Morgan fingerprint density at radius 2 is 0.800 bits per heavy atom. The van der Waals surface area contributed by atoms with Gasteiger partial charge in [-0.05, 0) is 36.3 Å². The van der Waals surface area contributed by atoms with Crippen LogP contribution >= 0.6 is 0 Å². The van der Waals surface area contributed by atoms with Crippen molar-refractivity contribution >= 4 is 46.6 Å². The Hall–Kier alpha value is -1.83. The van der Waals surface area contributed by atoms with Crippen LogP contribution < -0.4 is 10.4 Å². The van der Waals surface area contributed by atoms with E-state index in [-0.39, 0.29) is 0 Å². The summed E-state index contributed by atoms with van der Waals surface area (Å²) in [5, 5.41) is 2.83. The molecule has 2 aromatic rings. The summed E-state index contributed by atoms with van der Waals surface area (Å²) in [6.45, 7) is 26.9. The molecule has 0 fully saturated rings. The summed E-state index contributed by atoms with van der Waals surface area (Å²) in [7, 11) is -5.25. The Balaban J connectivity index is 2.19. The van der Waals surface area contributed by atoms with Gasteiger partial charge in [-0.15, -0.1) is 0 Å². The lowest BCUT2D eigenvalue weighted by Gasteiger charge is -2.31. The first-order valence-corrected chi connectivity index (χ1v) is 21.6. The normalized spacial score (nSPS) is 12.3. The summed E-state index contributed by atoms with van der Waals surface area (Å²) >= 11 is 0. The van der Waals surface area contributed by atoms with E-state index in [2.05, 4.69) is 116 Å². The van der Waals surface area contributed by atoms with E-state index in [1.54, 1.807) is 0 Å². The maximum atomic E-state index is 6.51. The quantitative estimate of drug-likeness (QED) is 0.182. The molecule has 0 aliphatic heterocycles. The SMILES string of the molecule is C=C(O[Si](CC)(CC)CC)c1ccc([Si](C)(C)c2ccc(C(=C)O[Si](CC)(CC)CC)cc2)cc1. The largest absolute Gasteiger partial charge is 0.544 e. The maximum absolute atomic E-state index is 6.51. The van der Waals surface area contributed by atoms with E-state index in [1.165, 1.54) is 10.4 Å². The van der Waals surface area contributed by atoms with Gasteiger partial charge in [0.2, 0.25) is 16.6 Å². The van der Waals surface area contributed by atoms with Crippen molar-refractivity contribution in [2.75, 3.05) is 0 Å². The fourth-order valence-corrected chi connectivity index (χ4v) is 12.4. The third-order valence-corrected chi connectivity index (χ3v) is 21.0. The number of rotatable bonds is 14. The van der Waals surface area contributed by atoms with Crippen LogP contribution in [-0.2, 0) is 8.85 Å². The molecule has 2 aromatic carbocycles. The van der Waals surface area contributed by atoms with Crippen LogP contribution in [0.15, 0.2) is 61.7 Å². The van der Waals surface area contributed by atoms with E-state index in [0.717, 1.165) is 58.9 Å². The molecule has 2 nitrogen and oxygen atoms in total. The molecule has 0 saturated heterocycles. The van der Waals surface area contributed by atoms with Gasteiger partial charge in [-0.3, -0.25) is 0 Å². The van der Waals surface area contributed by atoms with Crippen LogP contribution in [0.25, 0.3) is 11.5 Å². The highest BCUT2D eigenvalue weighted by atomic mass is 28.4. The highest BCUT2D eigenvalue weighted by Crippen LogP contribution is 2.29. The predicted molar refractivity (Wildman–Crippen MR) is 164 cm³/mol. The van der Waals surface area contributed by atoms with Crippen LogP contribution in [0.5, 0.6) is 0 Å². The lowest BCUT2D eigenvalue weighted by Crippen LogP contribution is -2.52. The van der Waals surface area contributed by atoms with Crippen LogP contribution in [0.1, 0.15) is 52.7 Å². The molecule has 0 bridgehead atoms. The minimum atomic E-state index is -1.83. The molecular formula is C30H48O2Si3. The van der Waals surface area contributed by atoms with Gasteiger partial charge in [0.05, 0.1) is 0 Å². The molecule has 0 radical (unpaired) electrons. The molecule has 0 amide bonds. The second-order valence-corrected chi connectivity index (χ2v) is 24.1. The van der Waals surface area contributed by atoms with Gasteiger partial charge in [-0.25, -0.2) is 0 Å². The third-order valence-electron chi connectivity index (χ3n) is 8.40. The molecule has 0 spiro atoms. The topological polar surface area (TPSA) is 18.5 Å². The van der Waals surface area contributed by atoms with Crippen LogP contribution in [0.2, 0.25) is 49.4 Å². The molecule has 0 unspecified atom stereocenters. The van der Waals surface area contributed by atoms with Crippen molar-refractivity contribution in [2.24, 2.45) is 0 Å². The van der Waals surface area contributed by atoms with Crippen LogP contribution in [0.3, 0.4) is 0 Å². The number of benzene rings is 2. The van der Waals surface area contributed by atoms with Gasteiger partial charge in [0, 0.05) is 11.1 Å². The van der Waals surface area contributed by atoms with Crippen LogP contribution in [-0.4, -0.2) is 24.7 Å². The summed E-state index contributed by atoms with van der Waals surface area (Å²) in [5.74, 6) is 1.67. The van der Waals surface area contributed by atoms with Crippen molar-refractivity contribution in [3.63, 3.8) is 0 Å². The zero-order valence-corrected chi connectivity index (χ0v) is 26.6. The minimum Gasteiger partial charge on any atom is -0.544 e. The summed E-state index contributed by atoms with van der Waals surface area (Å²) in [5.41, 5.74) is 2.20. The molecule has 2 rings (SSSR count). The fraction of sp³-hybridized carbons (Fsp3) is 0.467. The fourth-order valence-electron chi connectivity index (χ4n) is 4.89. The molecule has 0 heterocycles. The molecule has 5 heteroatoms. The molecule has 0 aliphatic rings.